The van der Waals surface area contributed by atoms with E-state index in [1.54, 1.807) is 36.7 Å². The number of halogens is 2. The van der Waals surface area contributed by atoms with Gasteiger partial charge in [-0.2, -0.15) is 0 Å². The Morgan fingerprint density at radius 1 is 1.35 bits per heavy atom. The van der Waals surface area contributed by atoms with Crippen LogP contribution in [-0.4, -0.2) is 10.1 Å². The van der Waals surface area contributed by atoms with Gasteiger partial charge in [-0.05, 0) is 34.1 Å². The van der Waals surface area contributed by atoms with Crippen LogP contribution in [0.25, 0.3) is 0 Å². The number of rotatable bonds is 3. The van der Waals surface area contributed by atoms with Crippen LogP contribution < -0.4 is 4.74 Å². The molecule has 1 aromatic heterocycles. The van der Waals surface area contributed by atoms with Gasteiger partial charge in [-0.1, -0.05) is 17.7 Å². The molecule has 0 aliphatic rings. The number of nitrogens with zero attached hydrogens (tertiary/aromatic N) is 1. The van der Waals surface area contributed by atoms with Gasteiger partial charge in [0.1, 0.15) is 18.1 Å². The summed E-state index contributed by atoms with van der Waals surface area (Å²) < 4.78 is 6.33. The molecule has 3 nitrogen and oxygen atoms in total. The van der Waals surface area contributed by atoms with Gasteiger partial charge in [0.2, 0.25) is 0 Å². The van der Waals surface area contributed by atoms with E-state index in [0.717, 1.165) is 4.47 Å². The van der Waals surface area contributed by atoms with E-state index >= 15 is 0 Å². The Balaban J connectivity index is 2.13. The van der Waals surface area contributed by atoms with Gasteiger partial charge >= 0.3 is 0 Å². The largest absolute Gasteiger partial charge is 0.507 e. The summed E-state index contributed by atoms with van der Waals surface area (Å²) in [7, 11) is 0. The third-order valence-corrected chi connectivity index (χ3v) is 2.94. The van der Waals surface area contributed by atoms with Crippen LogP contribution in [0.1, 0.15) is 5.56 Å². The number of hydrogen-bond donors (Lipinski definition) is 1. The van der Waals surface area contributed by atoms with E-state index in [4.69, 9.17) is 16.3 Å². The van der Waals surface area contributed by atoms with Crippen LogP contribution in [0.5, 0.6) is 11.5 Å². The van der Waals surface area contributed by atoms with Crippen LogP contribution in [0, 0.1) is 0 Å². The zero-order valence-corrected chi connectivity index (χ0v) is 11.1. The van der Waals surface area contributed by atoms with Crippen LogP contribution >= 0.6 is 27.5 Å². The number of phenolic OH excluding ortho intramolecular Hbond substituents is 1. The molecule has 0 amide bonds. The molecule has 0 aliphatic carbocycles. The van der Waals surface area contributed by atoms with E-state index in [1.165, 1.54) is 0 Å². The number of hydrogen-bond acceptors (Lipinski definition) is 3. The van der Waals surface area contributed by atoms with Crippen LogP contribution in [0.2, 0.25) is 5.02 Å². The monoisotopic (exact) mass is 313 g/mol. The van der Waals surface area contributed by atoms with Crippen molar-refractivity contribution in [1.82, 2.24) is 4.98 Å². The first kappa shape index (κ1) is 12.2. The molecule has 1 heterocycles. The van der Waals surface area contributed by atoms with Crippen molar-refractivity contribution in [2.45, 2.75) is 6.61 Å². The normalized spacial score (nSPS) is 10.2. The third-order valence-electron chi connectivity index (χ3n) is 2.16. The van der Waals surface area contributed by atoms with E-state index in [9.17, 15) is 5.11 Å². The average molecular weight is 315 g/mol. The van der Waals surface area contributed by atoms with E-state index in [1.807, 2.05) is 0 Å². The van der Waals surface area contributed by atoms with Gasteiger partial charge in [-0.25, -0.2) is 0 Å². The molecule has 1 aromatic carbocycles. The lowest BCUT2D eigenvalue weighted by Crippen LogP contribution is -1.97. The Morgan fingerprint density at radius 3 is 2.88 bits per heavy atom. The summed E-state index contributed by atoms with van der Waals surface area (Å²) in [6, 6.07) is 6.76. The number of pyridine rings is 1. The predicted molar refractivity (Wildman–Crippen MR) is 69.4 cm³/mol. The highest BCUT2D eigenvalue weighted by atomic mass is 79.9. The molecular formula is C12H9BrClNO2. The molecule has 0 aliphatic heterocycles. The summed E-state index contributed by atoms with van der Waals surface area (Å²) >= 11 is 9.26. The summed E-state index contributed by atoms with van der Waals surface area (Å²) in [5, 5.41) is 10.1. The summed E-state index contributed by atoms with van der Waals surface area (Å²) in [6.07, 6.45) is 3.26. The van der Waals surface area contributed by atoms with Crippen molar-refractivity contribution in [1.29, 1.82) is 0 Å². The molecule has 0 saturated heterocycles. The molecule has 0 saturated carbocycles. The Labute approximate surface area is 112 Å². The summed E-state index contributed by atoms with van der Waals surface area (Å²) in [5.41, 5.74) is 0.564. The second-order valence-corrected chi connectivity index (χ2v) is 4.69. The van der Waals surface area contributed by atoms with E-state index in [0.29, 0.717) is 16.3 Å². The number of ether oxygens (including phenoxy) is 1. The summed E-state index contributed by atoms with van der Waals surface area (Å²) in [4.78, 5) is 3.97. The smallest absolute Gasteiger partial charge is 0.139 e. The quantitative estimate of drug-likeness (QED) is 0.937. The molecule has 5 heteroatoms. The van der Waals surface area contributed by atoms with Crippen molar-refractivity contribution in [3.63, 3.8) is 0 Å². The lowest BCUT2D eigenvalue weighted by molar-refractivity contribution is 0.298. The highest BCUT2D eigenvalue weighted by Gasteiger charge is 2.07. The van der Waals surface area contributed by atoms with Gasteiger partial charge in [0.15, 0.2) is 0 Å². The van der Waals surface area contributed by atoms with E-state index in [2.05, 4.69) is 20.9 Å². The molecule has 0 fully saturated rings. The SMILES string of the molecule is Oc1cccc(Cl)c1COc1cncc(Br)c1. The van der Waals surface area contributed by atoms with Crippen LogP contribution in [0.15, 0.2) is 41.1 Å². The molecule has 0 radical (unpaired) electrons. The topological polar surface area (TPSA) is 42.4 Å². The van der Waals surface area contributed by atoms with E-state index < -0.39 is 0 Å². The fourth-order valence-corrected chi connectivity index (χ4v) is 1.88. The third kappa shape index (κ3) is 3.11. The number of aromatic nitrogens is 1. The molecule has 17 heavy (non-hydrogen) atoms. The van der Waals surface area contributed by atoms with Gasteiger partial charge in [-0.15, -0.1) is 0 Å². The van der Waals surface area contributed by atoms with Crippen molar-refractivity contribution in [2.75, 3.05) is 0 Å². The van der Waals surface area contributed by atoms with Crippen molar-refractivity contribution in [3.8, 4) is 11.5 Å². The van der Waals surface area contributed by atoms with Gasteiger partial charge in [0.05, 0.1) is 11.2 Å². The molecule has 2 aromatic rings. The average Bonchev–Trinajstić information content (AvgIpc) is 2.28. The minimum atomic E-state index is 0.125. The molecule has 0 atom stereocenters. The molecule has 88 valence electrons. The molecule has 0 spiro atoms. The summed E-state index contributed by atoms with van der Waals surface area (Å²) in [6.45, 7) is 0.198. The Hall–Kier alpha value is -1.26. The van der Waals surface area contributed by atoms with Gasteiger partial charge in [0, 0.05) is 16.2 Å². The number of phenols is 1. The van der Waals surface area contributed by atoms with Crippen LogP contribution in [0.4, 0.5) is 0 Å². The van der Waals surface area contributed by atoms with Crippen LogP contribution in [-0.2, 0) is 6.61 Å². The maximum absolute atomic E-state index is 9.63. The molecule has 0 unspecified atom stereocenters. The van der Waals surface area contributed by atoms with Crippen LogP contribution in [0.3, 0.4) is 0 Å². The number of aromatic hydroxyl groups is 1. The Bertz CT molecular complexity index is 513. The first-order valence-corrected chi connectivity index (χ1v) is 6.03. The first-order chi connectivity index (χ1) is 8.16. The van der Waals surface area contributed by atoms with Gasteiger partial charge in [-0.3, -0.25) is 4.98 Å². The zero-order chi connectivity index (χ0) is 12.3. The maximum atomic E-state index is 9.63. The van der Waals surface area contributed by atoms with Crippen molar-refractivity contribution in [3.05, 3.63) is 51.7 Å². The van der Waals surface area contributed by atoms with Crippen molar-refractivity contribution >= 4 is 27.5 Å². The highest BCUT2D eigenvalue weighted by molar-refractivity contribution is 9.10. The molecule has 0 bridgehead atoms. The molecular weight excluding hydrogens is 305 g/mol. The minimum absolute atomic E-state index is 0.125. The molecule has 1 N–H and O–H groups in total. The Morgan fingerprint density at radius 2 is 2.18 bits per heavy atom. The van der Waals surface area contributed by atoms with E-state index in [-0.39, 0.29) is 12.4 Å². The standard InChI is InChI=1S/C12H9BrClNO2/c13-8-4-9(6-15-5-8)17-7-10-11(14)2-1-3-12(10)16/h1-6,16H,7H2. The fourth-order valence-electron chi connectivity index (χ4n) is 1.32. The minimum Gasteiger partial charge on any atom is -0.507 e. The highest BCUT2D eigenvalue weighted by Crippen LogP contribution is 2.27. The number of benzene rings is 1. The lowest BCUT2D eigenvalue weighted by atomic mass is 10.2. The van der Waals surface area contributed by atoms with Gasteiger partial charge < -0.3 is 9.84 Å². The van der Waals surface area contributed by atoms with Gasteiger partial charge in [0.25, 0.3) is 0 Å². The zero-order valence-electron chi connectivity index (χ0n) is 8.73. The summed E-state index contributed by atoms with van der Waals surface area (Å²) in [5.74, 6) is 0.735. The first-order valence-electron chi connectivity index (χ1n) is 4.86. The van der Waals surface area contributed by atoms with Crippen molar-refractivity contribution < 1.29 is 9.84 Å². The lowest BCUT2D eigenvalue weighted by Gasteiger charge is -2.09. The van der Waals surface area contributed by atoms with Crippen molar-refractivity contribution in [2.24, 2.45) is 0 Å². The maximum Gasteiger partial charge on any atom is 0.139 e. The predicted octanol–water partition coefficient (Wildman–Crippen LogP) is 3.78. The second-order valence-electron chi connectivity index (χ2n) is 3.37. The molecule has 2 rings (SSSR count). The fraction of sp³-hybridized carbons (Fsp3) is 0.0833. The second kappa shape index (κ2) is 5.38. The Kier molecular flexibility index (Phi) is 3.86.